The maximum atomic E-state index is 12.9. The van der Waals surface area contributed by atoms with Crippen LogP contribution in [0.2, 0.25) is 0 Å². The Balaban J connectivity index is 1.64. The number of aromatic nitrogens is 4. The summed E-state index contributed by atoms with van der Waals surface area (Å²) in [7, 11) is 0. The Labute approximate surface area is 163 Å². The van der Waals surface area contributed by atoms with Crippen molar-refractivity contribution in [2.45, 2.75) is 33.7 Å². The number of para-hydroxylation sites is 2. The van der Waals surface area contributed by atoms with Gasteiger partial charge in [-0.3, -0.25) is 4.79 Å². The van der Waals surface area contributed by atoms with Crippen LogP contribution in [0, 0.1) is 19.8 Å². The number of carbonyl (C=O) groups is 1. The van der Waals surface area contributed by atoms with Gasteiger partial charge in [0.25, 0.3) is 5.91 Å². The van der Waals surface area contributed by atoms with E-state index in [-0.39, 0.29) is 17.9 Å². The quantitative estimate of drug-likeness (QED) is 0.560. The van der Waals surface area contributed by atoms with Gasteiger partial charge >= 0.3 is 0 Å². The Hall–Kier alpha value is -3.28. The summed E-state index contributed by atoms with van der Waals surface area (Å²) >= 11 is 0. The van der Waals surface area contributed by atoms with Crippen molar-refractivity contribution >= 4 is 28.0 Å². The monoisotopic (exact) mass is 373 g/mol. The average Bonchev–Trinajstić information content (AvgIpc) is 3.10. The van der Waals surface area contributed by atoms with Gasteiger partial charge in [-0.15, -0.1) is 0 Å². The molecule has 0 aliphatic heterocycles. The molecule has 1 atom stereocenters. The third-order valence-electron chi connectivity index (χ3n) is 4.99. The van der Waals surface area contributed by atoms with Gasteiger partial charge in [0, 0.05) is 5.56 Å². The molecule has 0 fully saturated rings. The Morgan fingerprint density at radius 1 is 0.929 bits per heavy atom. The highest BCUT2D eigenvalue weighted by molar-refractivity contribution is 5.97. The number of aromatic amines is 1. The molecule has 28 heavy (non-hydrogen) atoms. The zero-order valence-electron chi connectivity index (χ0n) is 16.4. The molecule has 2 aromatic heterocycles. The summed E-state index contributed by atoms with van der Waals surface area (Å²) in [5.41, 5.74) is 5.69. The molecular weight excluding hydrogens is 350 g/mol. The molecule has 0 saturated heterocycles. The van der Waals surface area contributed by atoms with E-state index in [1.54, 1.807) is 12.1 Å². The molecule has 0 spiro atoms. The van der Waals surface area contributed by atoms with Gasteiger partial charge in [-0.25, -0.2) is 15.0 Å². The van der Waals surface area contributed by atoms with E-state index in [0.717, 1.165) is 39.3 Å². The van der Waals surface area contributed by atoms with Crippen LogP contribution in [0.1, 0.15) is 47.5 Å². The first-order valence-electron chi connectivity index (χ1n) is 9.43. The molecule has 0 saturated carbocycles. The molecule has 6 heteroatoms. The van der Waals surface area contributed by atoms with E-state index < -0.39 is 0 Å². The van der Waals surface area contributed by atoms with Crippen molar-refractivity contribution in [1.29, 1.82) is 0 Å². The van der Waals surface area contributed by atoms with Crippen molar-refractivity contribution in [3.05, 3.63) is 65.2 Å². The van der Waals surface area contributed by atoms with Crippen LogP contribution in [-0.4, -0.2) is 25.8 Å². The third-order valence-corrected chi connectivity index (χ3v) is 4.99. The smallest absolute Gasteiger partial charge is 0.251 e. The summed E-state index contributed by atoms with van der Waals surface area (Å²) in [5.74, 6) is 0.785. The number of rotatable bonds is 4. The number of imidazole rings is 1. The van der Waals surface area contributed by atoms with Crippen molar-refractivity contribution in [3.63, 3.8) is 0 Å². The van der Waals surface area contributed by atoms with Crippen LogP contribution in [0.4, 0.5) is 0 Å². The maximum Gasteiger partial charge on any atom is 0.251 e. The molecule has 0 aliphatic carbocycles. The van der Waals surface area contributed by atoms with E-state index in [1.165, 1.54) is 0 Å². The van der Waals surface area contributed by atoms with E-state index in [4.69, 9.17) is 0 Å². The number of aryl methyl sites for hydroxylation is 2. The van der Waals surface area contributed by atoms with E-state index in [0.29, 0.717) is 5.56 Å². The Morgan fingerprint density at radius 2 is 1.64 bits per heavy atom. The molecule has 2 aromatic carbocycles. The second-order valence-electron chi connectivity index (χ2n) is 7.43. The topological polar surface area (TPSA) is 83.6 Å². The van der Waals surface area contributed by atoms with E-state index in [9.17, 15) is 4.79 Å². The number of amides is 1. The minimum atomic E-state index is -0.221. The van der Waals surface area contributed by atoms with Crippen molar-refractivity contribution in [2.24, 2.45) is 5.92 Å². The number of H-pyrrole nitrogens is 1. The van der Waals surface area contributed by atoms with Gasteiger partial charge in [-0.2, -0.15) is 0 Å². The van der Waals surface area contributed by atoms with Gasteiger partial charge in [0.2, 0.25) is 0 Å². The molecule has 1 unspecified atom stereocenters. The lowest BCUT2D eigenvalue weighted by molar-refractivity contribution is 0.0923. The van der Waals surface area contributed by atoms with Crippen LogP contribution in [-0.2, 0) is 0 Å². The number of nitrogens with one attached hydrogen (secondary N) is 2. The molecule has 0 aliphatic rings. The average molecular weight is 373 g/mol. The molecule has 4 aromatic rings. The van der Waals surface area contributed by atoms with Gasteiger partial charge in [-0.1, -0.05) is 26.0 Å². The summed E-state index contributed by atoms with van der Waals surface area (Å²) in [4.78, 5) is 30.0. The van der Waals surface area contributed by atoms with Gasteiger partial charge < -0.3 is 10.3 Å². The summed E-state index contributed by atoms with van der Waals surface area (Å²) < 4.78 is 0. The van der Waals surface area contributed by atoms with Gasteiger partial charge in [0.15, 0.2) is 0 Å². The minimum Gasteiger partial charge on any atom is -0.342 e. The van der Waals surface area contributed by atoms with Gasteiger partial charge in [0.05, 0.1) is 39.5 Å². The SMILES string of the molecule is Cc1nc2ccc(C(=O)NC(c3nc4ccccc4[nH]3)C(C)C)cc2nc1C. The molecule has 142 valence electrons. The van der Waals surface area contributed by atoms with Crippen LogP contribution in [0.3, 0.4) is 0 Å². The number of benzene rings is 2. The molecule has 1 amide bonds. The highest BCUT2D eigenvalue weighted by Gasteiger charge is 2.22. The highest BCUT2D eigenvalue weighted by Crippen LogP contribution is 2.23. The fourth-order valence-electron chi connectivity index (χ4n) is 3.27. The summed E-state index contributed by atoms with van der Waals surface area (Å²) in [6, 6.07) is 13.1. The van der Waals surface area contributed by atoms with Gasteiger partial charge in [0.1, 0.15) is 5.82 Å². The summed E-state index contributed by atoms with van der Waals surface area (Å²) in [6.45, 7) is 7.99. The molecule has 0 radical (unpaired) electrons. The fraction of sp³-hybridized carbons (Fsp3) is 0.273. The first-order valence-corrected chi connectivity index (χ1v) is 9.43. The van der Waals surface area contributed by atoms with Crippen LogP contribution in [0.25, 0.3) is 22.1 Å². The first kappa shape index (κ1) is 18.1. The Morgan fingerprint density at radius 3 is 2.36 bits per heavy atom. The van der Waals surface area contributed by atoms with Crippen LogP contribution in [0.15, 0.2) is 42.5 Å². The second-order valence-corrected chi connectivity index (χ2v) is 7.43. The van der Waals surface area contributed by atoms with Crippen molar-refractivity contribution in [2.75, 3.05) is 0 Å². The summed E-state index contributed by atoms with van der Waals surface area (Å²) in [6.07, 6.45) is 0. The fourth-order valence-corrected chi connectivity index (χ4v) is 3.27. The van der Waals surface area contributed by atoms with E-state index in [1.807, 2.05) is 44.2 Å². The lowest BCUT2D eigenvalue weighted by Gasteiger charge is -2.20. The second kappa shape index (κ2) is 7.03. The zero-order valence-corrected chi connectivity index (χ0v) is 16.4. The number of carbonyl (C=O) groups excluding carboxylic acids is 1. The lowest BCUT2D eigenvalue weighted by Crippen LogP contribution is -2.32. The van der Waals surface area contributed by atoms with Crippen LogP contribution in [0.5, 0.6) is 0 Å². The standard InChI is InChI=1S/C22H23N5O/c1-12(2)20(21-25-16-7-5-6-8-17(16)26-21)27-22(28)15-9-10-18-19(11-15)24-14(4)13(3)23-18/h5-12,20H,1-4H3,(H,25,26)(H,27,28). The molecule has 4 rings (SSSR count). The molecule has 6 nitrogen and oxygen atoms in total. The Bertz CT molecular complexity index is 1150. The molecule has 2 heterocycles. The Kier molecular flexibility index (Phi) is 4.55. The largest absolute Gasteiger partial charge is 0.342 e. The van der Waals surface area contributed by atoms with Crippen molar-refractivity contribution < 1.29 is 4.79 Å². The van der Waals surface area contributed by atoms with Crippen LogP contribution < -0.4 is 5.32 Å². The molecular formula is C22H23N5O. The predicted octanol–water partition coefficient (Wildman–Crippen LogP) is 4.25. The number of hydrogen-bond acceptors (Lipinski definition) is 4. The molecule has 0 bridgehead atoms. The van der Waals surface area contributed by atoms with E-state index in [2.05, 4.69) is 39.1 Å². The lowest BCUT2D eigenvalue weighted by atomic mass is 10.0. The first-order chi connectivity index (χ1) is 13.4. The zero-order chi connectivity index (χ0) is 19.8. The number of hydrogen-bond donors (Lipinski definition) is 2. The maximum absolute atomic E-state index is 12.9. The summed E-state index contributed by atoms with van der Waals surface area (Å²) in [5, 5.41) is 3.12. The predicted molar refractivity (Wildman–Crippen MR) is 110 cm³/mol. The normalized spacial score (nSPS) is 12.6. The van der Waals surface area contributed by atoms with Crippen LogP contribution >= 0.6 is 0 Å². The van der Waals surface area contributed by atoms with E-state index >= 15 is 0 Å². The van der Waals surface area contributed by atoms with Crippen molar-refractivity contribution in [3.8, 4) is 0 Å². The third kappa shape index (κ3) is 3.33. The molecule has 2 N–H and O–H groups in total. The highest BCUT2D eigenvalue weighted by atomic mass is 16.1. The number of fused-ring (bicyclic) bond motifs is 2. The minimum absolute atomic E-state index is 0.152. The van der Waals surface area contributed by atoms with Crippen molar-refractivity contribution in [1.82, 2.24) is 25.3 Å². The van der Waals surface area contributed by atoms with Gasteiger partial charge in [-0.05, 0) is 50.1 Å². The number of nitrogens with zero attached hydrogens (tertiary/aromatic N) is 3.